The van der Waals surface area contributed by atoms with E-state index in [1.807, 2.05) is 6.92 Å². The zero-order valence-corrected chi connectivity index (χ0v) is 12.1. The normalized spacial score (nSPS) is 21.3. The molecular formula is C13H20N2O3S. The van der Waals surface area contributed by atoms with Crippen molar-refractivity contribution in [3.8, 4) is 5.75 Å². The van der Waals surface area contributed by atoms with Crippen LogP contribution in [0.25, 0.3) is 0 Å². The third-order valence-electron chi connectivity index (χ3n) is 3.50. The highest BCUT2D eigenvalue weighted by atomic mass is 32.2. The molecule has 0 aromatic heterocycles. The number of hydrogen-bond acceptors (Lipinski definition) is 3. The van der Waals surface area contributed by atoms with Gasteiger partial charge in [-0.05, 0) is 50.5 Å². The molecule has 1 fully saturated rings. The van der Waals surface area contributed by atoms with E-state index in [1.54, 1.807) is 13.0 Å². The van der Waals surface area contributed by atoms with Crippen LogP contribution in [-0.4, -0.2) is 30.4 Å². The molecule has 1 unspecified atom stereocenters. The average molecular weight is 284 g/mol. The molecule has 0 aliphatic carbocycles. The summed E-state index contributed by atoms with van der Waals surface area (Å²) in [5, 5.41) is 9.34. The van der Waals surface area contributed by atoms with E-state index in [9.17, 15) is 13.5 Å². The van der Waals surface area contributed by atoms with Gasteiger partial charge in [0, 0.05) is 12.6 Å². The monoisotopic (exact) mass is 284 g/mol. The lowest BCUT2D eigenvalue weighted by Crippen LogP contribution is -2.44. The van der Waals surface area contributed by atoms with Crippen molar-refractivity contribution < 1.29 is 13.5 Å². The van der Waals surface area contributed by atoms with Gasteiger partial charge in [-0.25, -0.2) is 0 Å². The van der Waals surface area contributed by atoms with Crippen LogP contribution >= 0.6 is 0 Å². The van der Waals surface area contributed by atoms with E-state index in [1.165, 1.54) is 16.4 Å². The topological polar surface area (TPSA) is 69.6 Å². The van der Waals surface area contributed by atoms with E-state index >= 15 is 0 Å². The first-order chi connectivity index (χ1) is 8.90. The summed E-state index contributed by atoms with van der Waals surface area (Å²) in [6.45, 7) is 4.26. The maximum Gasteiger partial charge on any atom is 0.301 e. The Balaban J connectivity index is 2.20. The number of benzene rings is 1. The van der Waals surface area contributed by atoms with Gasteiger partial charge in [-0.2, -0.15) is 12.7 Å². The molecule has 0 saturated carbocycles. The van der Waals surface area contributed by atoms with E-state index in [4.69, 9.17) is 0 Å². The SMILES string of the molecule is Cc1cc(O)ccc1NS(=O)(=O)N1CCCCC1C. The van der Waals surface area contributed by atoms with Crippen molar-refractivity contribution in [1.29, 1.82) is 0 Å². The fraction of sp³-hybridized carbons (Fsp3) is 0.538. The molecule has 0 bridgehead atoms. The van der Waals surface area contributed by atoms with Gasteiger partial charge >= 0.3 is 10.2 Å². The second-order valence-electron chi connectivity index (χ2n) is 5.06. The molecule has 1 aliphatic heterocycles. The smallest absolute Gasteiger partial charge is 0.301 e. The Kier molecular flexibility index (Phi) is 4.01. The van der Waals surface area contributed by atoms with Crippen LogP contribution in [0.15, 0.2) is 18.2 Å². The first-order valence-electron chi connectivity index (χ1n) is 6.49. The zero-order valence-electron chi connectivity index (χ0n) is 11.3. The number of aromatic hydroxyl groups is 1. The van der Waals surface area contributed by atoms with Crippen LogP contribution in [0.2, 0.25) is 0 Å². The Morgan fingerprint density at radius 2 is 2.11 bits per heavy atom. The van der Waals surface area contributed by atoms with Crippen molar-refractivity contribution in [1.82, 2.24) is 4.31 Å². The minimum atomic E-state index is -3.52. The summed E-state index contributed by atoms with van der Waals surface area (Å²) in [5.74, 6) is 0.131. The Morgan fingerprint density at radius 1 is 1.37 bits per heavy atom. The van der Waals surface area contributed by atoms with Crippen molar-refractivity contribution in [2.45, 2.75) is 39.2 Å². The van der Waals surface area contributed by atoms with Crippen LogP contribution in [0, 0.1) is 6.92 Å². The third kappa shape index (κ3) is 3.19. The molecule has 0 spiro atoms. The Morgan fingerprint density at radius 3 is 2.74 bits per heavy atom. The highest BCUT2D eigenvalue weighted by Crippen LogP contribution is 2.25. The predicted octanol–water partition coefficient (Wildman–Crippen LogP) is 2.23. The Bertz CT molecular complexity index is 557. The standard InChI is InChI=1S/C13H20N2O3S/c1-10-9-12(16)6-7-13(10)14-19(17,18)15-8-4-3-5-11(15)2/h6-7,9,11,14,16H,3-5,8H2,1-2H3. The van der Waals surface area contributed by atoms with Crippen LogP contribution in [-0.2, 0) is 10.2 Å². The van der Waals surface area contributed by atoms with Crippen molar-refractivity contribution in [3.63, 3.8) is 0 Å². The van der Waals surface area contributed by atoms with Gasteiger partial charge in [0.15, 0.2) is 0 Å². The number of rotatable bonds is 3. The summed E-state index contributed by atoms with van der Waals surface area (Å²) in [7, 11) is -3.52. The van der Waals surface area contributed by atoms with Gasteiger partial charge in [0.05, 0.1) is 5.69 Å². The molecule has 2 rings (SSSR count). The molecule has 1 aliphatic rings. The molecule has 1 aromatic carbocycles. The molecule has 5 nitrogen and oxygen atoms in total. The fourth-order valence-electron chi connectivity index (χ4n) is 2.39. The van der Waals surface area contributed by atoms with Crippen molar-refractivity contribution in [2.24, 2.45) is 0 Å². The van der Waals surface area contributed by atoms with E-state index in [2.05, 4.69) is 4.72 Å². The van der Waals surface area contributed by atoms with E-state index < -0.39 is 10.2 Å². The van der Waals surface area contributed by atoms with E-state index in [0.717, 1.165) is 19.3 Å². The highest BCUT2D eigenvalue weighted by molar-refractivity contribution is 7.90. The molecule has 1 aromatic rings. The molecule has 6 heteroatoms. The second kappa shape index (κ2) is 5.38. The lowest BCUT2D eigenvalue weighted by Gasteiger charge is -2.32. The summed E-state index contributed by atoms with van der Waals surface area (Å²) >= 11 is 0. The second-order valence-corrected chi connectivity index (χ2v) is 6.69. The molecule has 19 heavy (non-hydrogen) atoms. The van der Waals surface area contributed by atoms with Gasteiger partial charge in [-0.3, -0.25) is 4.72 Å². The maximum absolute atomic E-state index is 12.4. The largest absolute Gasteiger partial charge is 0.508 e. The van der Waals surface area contributed by atoms with Crippen LogP contribution in [0.5, 0.6) is 5.75 Å². The van der Waals surface area contributed by atoms with Gasteiger partial charge in [0.25, 0.3) is 0 Å². The Hall–Kier alpha value is -1.27. The van der Waals surface area contributed by atoms with Gasteiger partial charge in [0.2, 0.25) is 0 Å². The van der Waals surface area contributed by atoms with Gasteiger partial charge in [-0.1, -0.05) is 6.42 Å². The number of phenolic OH excluding ortho intramolecular Hbond substituents is 1. The quantitative estimate of drug-likeness (QED) is 0.836. The van der Waals surface area contributed by atoms with E-state index in [-0.39, 0.29) is 11.8 Å². The maximum atomic E-state index is 12.4. The van der Waals surface area contributed by atoms with Crippen LogP contribution in [0.4, 0.5) is 5.69 Å². The third-order valence-corrected chi connectivity index (χ3v) is 5.14. The number of phenols is 1. The first kappa shape index (κ1) is 14.1. The van der Waals surface area contributed by atoms with Gasteiger partial charge in [-0.15, -0.1) is 0 Å². The molecule has 1 heterocycles. The number of anilines is 1. The fourth-order valence-corrected chi connectivity index (χ4v) is 3.96. The Labute approximate surface area is 114 Å². The lowest BCUT2D eigenvalue weighted by molar-refractivity contribution is 0.270. The first-order valence-corrected chi connectivity index (χ1v) is 7.93. The molecule has 106 valence electrons. The minimum absolute atomic E-state index is 0.0312. The zero-order chi connectivity index (χ0) is 14.0. The average Bonchev–Trinajstić information content (AvgIpc) is 2.33. The number of piperidine rings is 1. The summed E-state index contributed by atoms with van der Waals surface area (Å²) in [6.07, 6.45) is 2.88. The molecular weight excluding hydrogens is 264 g/mol. The van der Waals surface area contributed by atoms with Crippen molar-refractivity contribution >= 4 is 15.9 Å². The summed E-state index contributed by atoms with van der Waals surface area (Å²) in [6, 6.07) is 4.63. The van der Waals surface area contributed by atoms with Crippen LogP contribution in [0.3, 0.4) is 0 Å². The molecule has 0 amide bonds. The van der Waals surface area contributed by atoms with Gasteiger partial charge in [0.1, 0.15) is 5.75 Å². The summed E-state index contributed by atoms with van der Waals surface area (Å²) in [4.78, 5) is 0. The predicted molar refractivity (Wildman–Crippen MR) is 75.4 cm³/mol. The molecule has 1 saturated heterocycles. The van der Waals surface area contributed by atoms with Crippen LogP contribution < -0.4 is 4.72 Å². The van der Waals surface area contributed by atoms with Gasteiger partial charge < -0.3 is 5.11 Å². The number of nitrogens with zero attached hydrogens (tertiary/aromatic N) is 1. The number of nitrogens with one attached hydrogen (secondary N) is 1. The molecule has 1 atom stereocenters. The molecule has 2 N–H and O–H groups in total. The minimum Gasteiger partial charge on any atom is -0.508 e. The summed E-state index contributed by atoms with van der Waals surface area (Å²) < 4.78 is 28.8. The summed E-state index contributed by atoms with van der Waals surface area (Å²) in [5.41, 5.74) is 1.21. The van der Waals surface area contributed by atoms with Crippen molar-refractivity contribution in [3.05, 3.63) is 23.8 Å². The van der Waals surface area contributed by atoms with E-state index in [0.29, 0.717) is 17.8 Å². The number of hydrogen-bond donors (Lipinski definition) is 2. The van der Waals surface area contributed by atoms with Crippen molar-refractivity contribution in [2.75, 3.05) is 11.3 Å². The number of aryl methyl sites for hydroxylation is 1. The lowest BCUT2D eigenvalue weighted by atomic mass is 10.1. The highest BCUT2D eigenvalue weighted by Gasteiger charge is 2.29. The van der Waals surface area contributed by atoms with Crippen LogP contribution in [0.1, 0.15) is 31.7 Å². The molecule has 0 radical (unpaired) electrons.